The largest absolute Gasteiger partial charge is 0.333 e. The minimum absolute atomic E-state index is 0.00249. The number of amidine groups is 1. The highest BCUT2D eigenvalue weighted by molar-refractivity contribution is 7.89. The monoisotopic (exact) mass is 658 g/mol. The van der Waals surface area contributed by atoms with Crippen molar-refractivity contribution < 1.29 is 34.8 Å². The summed E-state index contributed by atoms with van der Waals surface area (Å²) in [7, 11) is -4.57. The number of halogens is 7. The zero-order chi connectivity index (χ0) is 30.6. The van der Waals surface area contributed by atoms with E-state index in [0.29, 0.717) is 44.5 Å². The van der Waals surface area contributed by atoms with Gasteiger partial charge in [-0.2, -0.15) is 13.9 Å². The molecule has 1 fully saturated rings. The van der Waals surface area contributed by atoms with E-state index in [1.54, 1.807) is 10.3 Å². The van der Waals surface area contributed by atoms with Crippen LogP contribution in [0.5, 0.6) is 0 Å². The van der Waals surface area contributed by atoms with Gasteiger partial charge < -0.3 is 4.90 Å². The Labute approximate surface area is 249 Å². The van der Waals surface area contributed by atoms with Crippen molar-refractivity contribution in [2.24, 2.45) is 4.99 Å². The third kappa shape index (κ3) is 5.43. The smallest absolute Gasteiger partial charge is 0.326 e. The van der Waals surface area contributed by atoms with Crippen molar-refractivity contribution in [1.82, 2.24) is 24.4 Å². The van der Waals surface area contributed by atoms with E-state index in [1.165, 1.54) is 35.7 Å². The predicted molar refractivity (Wildman–Crippen MR) is 145 cm³/mol. The first kappa shape index (κ1) is 29.3. The average Bonchev–Trinajstić information content (AvgIpc) is 3.72. The van der Waals surface area contributed by atoms with Crippen LogP contribution in [0.1, 0.15) is 35.3 Å². The van der Waals surface area contributed by atoms with Crippen LogP contribution in [0.15, 0.2) is 69.8 Å². The lowest BCUT2D eigenvalue weighted by molar-refractivity contribution is 0.0564. The van der Waals surface area contributed by atoms with E-state index in [0.717, 1.165) is 12.3 Å². The number of hydrogen-bond acceptors (Lipinski definition) is 7. The highest BCUT2D eigenvalue weighted by atomic mass is 35.5. The molecule has 17 heteroatoms. The van der Waals surface area contributed by atoms with Crippen LogP contribution >= 0.6 is 22.9 Å². The van der Waals surface area contributed by atoms with Crippen LogP contribution in [0.4, 0.5) is 26.3 Å². The molecule has 2 aromatic carbocycles. The summed E-state index contributed by atoms with van der Waals surface area (Å²) < 4.78 is 111. The summed E-state index contributed by atoms with van der Waals surface area (Å²) in [4.78, 5) is 9.96. The Balaban J connectivity index is 1.48. The van der Waals surface area contributed by atoms with E-state index in [2.05, 4.69) is 14.8 Å². The van der Waals surface area contributed by atoms with Crippen molar-refractivity contribution >= 4 is 44.4 Å². The summed E-state index contributed by atoms with van der Waals surface area (Å²) >= 11 is 7.65. The molecular weight excluding hydrogens is 642 g/mol. The molecule has 2 aliphatic heterocycles. The topological polar surface area (TPSA) is 92.5 Å². The average molecular weight is 659 g/mol. The van der Waals surface area contributed by atoms with Crippen molar-refractivity contribution in [2.45, 2.75) is 29.9 Å². The maximum Gasteiger partial charge on any atom is 0.333 e. The van der Waals surface area contributed by atoms with Crippen molar-refractivity contribution in [3.8, 4) is 0 Å². The van der Waals surface area contributed by atoms with Crippen LogP contribution in [0.3, 0.4) is 0 Å². The summed E-state index contributed by atoms with van der Waals surface area (Å²) in [6.45, 7) is -3.01. The van der Waals surface area contributed by atoms with Gasteiger partial charge in [0.2, 0.25) is 10.0 Å². The number of aliphatic imine (C=N–C) groups is 1. The minimum Gasteiger partial charge on any atom is -0.326 e. The summed E-state index contributed by atoms with van der Waals surface area (Å²) in [6, 6.07) is 3.78. The van der Waals surface area contributed by atoms with Crippen molar-refractivity contribution in [3.05, 3.63) is 104 Å². The van der Waals surface area contributed by atoms with Gasteiger partial charge in [0.15, 0.2) is 28.3 Å². The second kappa shape index (κ2) is 11.1. The van der Waals surface area contributed by atoms with Gasteiger partial charge in [0.25, 0.3) is 0 Å². The number of rotatable bonds is 7. The molecule has 0 aliphatic carbocycles. The van der Waals surface area contributed by atoms with Crippen LogP contribution < -0.4 is 4.72 Å². The molecule has 224 valence electrons. The molecule has 0 radical (unpaired) electrons. The molecule has 0 bridgehead atoms. The third-order valence-corrected chi connectivity index (χ3v) is 9.41. The van der Waals surface area contributed by atoms with E-state index in [4.69, 9.17) is 16.6 Å². The molecule has 43 heavy (non-hydrogen) atoms. The van der Waals surface area contributed by atoms with Gasteiger partial charge in [-0.1, -0.05) is 17.7 Å². The Morgan fingerprint density at radius 1 is 1.07 bits per heavy atom. The molecule has 4 heterocycles. The Hall–Kier alpha value is -3.73. The fraction of sp³-hybridized carbons (Fsp3) is 0.192. The Morgan fingerprint density at radius 2 is 1.81 bits per heavy atom. The lowest BCUT2D eigenvalue weighted by atomic mass is 9.92. The van der Waals surface area contributed by atoms with Crippen LogP contribution in [0, 0.1) is 23.3 Å². The van der Waals surface area contributed by atoms with Crippen molar-refractivity contribution in [3.63, 3.8) is 0 Å². The molecule has 2 atom stereocenters. The first-order valence-electron chi connectivity index (χ1n) is 12.4. The lowest BCUT2D eigenvalue weighted by Crippen LogP contribution is -2.39. The van der Waals surface area contributed by atoms with Crippen molar-refractivity contribution in [2.75, 3.05) is 6.54 Å². The molecule has 1 saturated heterocycles. The van der Waals surface area contributed by atoms with E-state index in [-0.39, 0.29) is 23.7 Å². The zero-order valence-electron chi connectivity index (χ0n) is 21.4. The maximum absolute atomic E-state index is 14.0. The normalized spacial score (nSPS) is 18.9. The Morgan fingerprint density at radius 3 is 2.44 bits per heavy atom. The summed E-state index contributed by atoms with van der Waals surface area (Å²) in [6.07, 6.45) is 2.54. The Kier molecular flexibility index (Phi) is 7.56. The molecule has 4 aromatic rings. The molecule has 0 amide bonds. The van der Waals surface area contributed by atoms with E-state index < -0.39 is 56.8 Å². The van der Waals surface area contributed by atoms with Gasteiger partial charge >= 0.3 is 6.55 Å². The van der Waals surface area contributed by atoms with Gasteiger partial charge in [0.05, 0.1) is 10.6 Å². The predicted octanol–water partition coefficient (Wildman–Crippen LogP) is 5.91. The molecule has 0 saturated carbocycles. The van der Waals surface area contributed by atoms with Gasteiger partial charge in [-0.05, 0) is 30.3 Å². The number of sulfonamides is 1. The number of nitrogens with one attached hydrogen (secondary N) is 1. The summed E-state index contributed by atoms with van der Waals surface area (Å²) in [5.41, 5.74) is 1.13. The van der Waals surface area contributed by atoms with Crippen LogP contribution in [-0.2, 0) is 10.0 Å². The second-order valence-corrected chi connectivity index (χ2v) is 12.5. The van der Waals surface area contributed by atoms with Gasteiger partial charge in [-0.3, -0.25) is 4.99 Å². The number of benzene rings is 2. The number of fused-ring (bicyclic) bond motifs is 1. The SMILES string of the molecule is O=S(=O)(N[C@H]1CC2=C(c3ccn(C(F)F)n3)[C@H](c3ccc(F)cc3Cl)N=C(c3nccs3)N2C1)c1cc(F)c(F)c(F)c1. The van der Waals surface area contributed by atoms with Crippen LogP contribution in [0.2, 0.25) is 5.02 Å². The third-order valence-electron chi connectivity index (χ3n) is 6.81. The zero-order valence-corrected chi connectivity index (χ0v) is 23.7. The molecule has 6 rings (SSSR count). The quantitative estimate of drug-likeness (QED) is 0.197. The fourth-order valence-corrected chi connectivity index (χ4v) is 7.17. The van der Waals surface area contributed by atoms with Gasteiger partial charge in [-0.25, -0.2) is 40.4 Å². The van der Waals surface area contributed by atoms with Gasteiger partial charge in [0.1, 0.15) is 11.9 Å². The van der Waals surface area contributed by atoms with Crippen LogP contribution in [0.25, 0.3) is 5.57 Å². The fourth-order valence-electron chi connectivity index (χ4n) is 5.01. The number of alkyl halides is 2. The maximum atomic E-state index is 14.0. The van der Waals surface area contributed by atoms with Crippen LogP contribution in [-0.4, -0.2) is 46.5 Å². The number of aromatic nitrogens is 3. The van der Waals surface area contributed by atoms with Gasteiger partial charge in [-0.15, -0.1) is 11.3 Å². The number of thiazole rings is 1. The first-order valence-corrected chi connectivity index (χ1v) is 15.1. The Bertz CT molecular complexity index is 1870. The van der Waals surface area contributed by atoms with Gasteiger partial charge in [0, 0.05) is 58.6 Å². The highest BCUT2D eigenvalue weighted by Gasteiger charge is 2.42. The van der Waals surface area contributed by atoms with E-state index >= 15 is 0 Å². The summed E-state index contributed by atoms with van der Waals surface area (Å²) in [5, 5.41) is 6.13. The first-order chi connectivity index (χ1) is 20.4. The molecular formula is C26H17ClF6N6O2S2. The lowest BCUT2D eigenvalue weighted by Gasteiger charge is -2.32. The molecule has 0 unspecified atom stereocenters. The highest BCUT2D eigenvalue weighted by Crippen LogP contribution is 2.46. The number of hydrogen-bond donors (Lipinski definition) is 1. The second-order valence-electron chi connectivity index (χ2n) is 9.51. The standard InChI is InChI=1S/C26H17ClF6N6O2S2/c27-16-7-12(28)1-2-15(16)23-21(19-3-5-39(36-19)26(32)33)20-8-13(11-38(20)24(35-23)25-34-4-6-42-25)37-43(40,41)14-9-17(29)22(31)18(30)10-14/h1-7,9-10,13,23,26,37H,8,11H2/t13-,23-/m0/s1. The molecule has 8 nitrogen and oxygen atoms in total. The van der Waals surface area contributed by atoms with E-state index in [9.17, 15) is 34.8 Å². The number of nitrogens with zero attached hydrogens (tertiary/aromatic N) is 5. The molecule has 2 aromatic heterocycles. The minimum atomic E-state index is -4.57. The van der Waals surface area contributed by atoms with E-state index in [1.807, 2.05) is 0 Å². The van der Waals surface area contributed by atoms with Crippen molar-refractivity contribution in [1.29, 1.82) is 0 Å². The summed E-state index contributed by atoms with van der Waals surface area (Å²) in [5.74, 6) is -5.49. The molecule has 0 spiro atoms. The molecule has 2 aliphatic rings. The molecule has 1 N–H and O–H groups in total.